The van der Waals surface area contributed by atoms with Gasteiger partial charge in [0.1, 0.15) is 6.33 Å². The Morgan fingerprint density at radius 1 is 1.00 bits per heavy atom. The van der Waals surface area contributed by atoms with Crippen LogP contribution in [-0.4, -0.2) is 21.8 Å². The molecule has 0 amide bonds. The van der Waals surface area contributed by atoms with Crippen LogP contribution in [0, 0.1) is 0 Å². The van der Waals surface area contributed by atoms with E-state index in [-0.39, 0.29) is 0 Å². The Balaban J connectivity index is 1.67. The number of rotatable bonds is 5. The molecule has 0 N–H and O–H groups in total. The molecule has 0 aliphatic heterocycles. The van der Waals surface area contributed by atoms with Gasteiger partial charge in [-0.2, -0.15) is 0 Å². The van der Waals surface area contributed by atoms with Gasteiger partial charge in [-0.1, -0.05) is 30.3 Å². The summed E-state index contributed by atoms with van der Waals surface area (Å²) < 4.78 is 1.71. The van der Waals surface area contributed by atoms with E-state index in [1.165, 1.54) is 5.56 Å². The maximum atomic E-state index is 4.18. The number of hydrogen-bond donors (Lipinski definition) is 0. The second-order valence-corrected chi connectivity index (χ2v) is 5.30. The third kappa shape index (κ3) is 3.79. The highest BCUT2D eigenvalue weighted by molar-refractivity contribution is 5.52. The van der Waals surface area contributed by atoms with Gasteiger partial charge in [0.05, 0.1) is 5.69 Å². The Labute approximate surface area is 135 Å². The van der Waals surface area contributed by atoms with Crippen molar-refractivity contribution in [1.29, 1.82) is 0 Å². The molecular formula is C17H18N6. The van der Waals surface area contributed by atoms with E-state index in [0.717, 1.165) is 17.9 Å². The van der Waals surface area contributed by atoms with Crippen LogP contribution < -0.4 is 4.90 Å². The summed E-state index contributed by atoms with van der Waals surface area (Å²) in [6, 6.07) is 18.3. The van der Waals surface area contributed by atoms with Gasteiger partial charge in [0.15, 0.2) is 0 Å². The van der Waals surface area contributed by atoms with E-state index >= 15 is 0 Å². The number of azo groups is 1. The minimum absolute atomic E-state index is 0.482. The molecule has 3 aromatic rings. The Morgan fingerprint density at radius 2 is 1.74 bits per heavy atom. The minimum atomic E-state index is 0.482. The first-order chi connectivity index (χ1) is 11.2. The summed E-state index contributed by atoms with van der Waals surface area (Å²) in [5.74, 6) is 0.482. The lowest BCUT2D eigenvalue weighted by Gasteiger charge is -2.19. The Kier molecular flexibility index (Phi) is 4.42. The molecule has 116 valence electrons. The third-order valence-electron chi connectivity index (χ3n) is 3.50. The highest BCUT2D eigenvalue weighted by Crippen LogP contribution is 2.21. The standard InChI is InChI=1S/C17H18N6/c1-22(12-14-6-4-3-5-7-14)16-10-8-15(9-11-16)19-21-17-20-18-13-23(17)2/h3-11,13H,12H2,1-2H3/b21-19+. The van der Waals surface area contributed by atoms with Crippen LogP contribution in [0.15, 0.2) is 71.2 Å². The SMILES string of the molecule is CN(Cc1ccccc1)c1ccc(/N=N/c2nncn2C)cc1. The average Bonchev–Trinajstić information content (AvgIpc) is 2.99. The van der Waals surface area contributed by atoms with Crippen molar-refractivity contribution in [2.45, 2.75) is 6.54 Å². The van der Waals surface area contributed by atoms with E-state index in [0.29, 0.717) is 5.95 Å². The smallest absolute Gasteiger partial charge is 0.269 e. The maximum absolute atomic E-state index is 4.18. The van der Waals surface area contributed by atoms with E-state index in [1.807, 2.05) is 37.4 Å². The van der Waals surface area contributed by atoms with Crippen LogP contribution >= 0.6 is 0 Å². The van der Waals surface area contributed by atoms with Crippen LogP contribution in [-0.2, 0) is 13.6 Å². The van der Waals surface area contributed by atoms with Gasteiger partial charge in [-0.15, -0.1) is 20.4 Å². The molecule has 6 heteroatoms. The van der Waals surface area contributed by atoms with Gasteiger partial charge in [-0.05, 0) is 29.8 Å². The average molecular weight is 306 g/mol. The van der Waals surface area contributed by atoms with Gasteiger partial charge in [-0.3, -0.25) is 0 Å². The summed E-state index contributed by atoms with van der Waals surface area (Å²) >= 11 is 0. The molecular weight excluding hydrogens is 288 g/mol. The van der Waals surface area contributed by atoms with Gasteiger partial charge in [-0.25, -0.2) is 0 Å². The first-order valence-corrected chi connectivity index (χ1v) is 7.33. The van der Waals surface area contributed by atoms with E-state index in [9.17, 15) is 0 Å². The Morgan fingerprint density at radius 3 is 2.39 bits per heavy atom. The fourth-order valence-corrected chi connectivity index (χ4v) is 2.19. The Bertz CT molecular complexity index is 776. The van der Waals surface area contributed by atoms with Gasteiger partial charge >= 0.3 is 0 Å². The van der Waals surface area contributed by atoms with E-state index in [4.69, 9.17) is 0 Å². The quantitative estimate of drug-likeness (QED) is 0.672. The molecule has 0 saturated carbocycles. The van der Waals surface area contributed by atoms with Crippen molar-refractivity contribution in [3.05, 3.63) is 66.5 Å². The zero-order chi connectivity index (χ0) is 16.1. The fourth-order valence-electron chi connectivity index (χ4n) is 2.19. The molecule has 0 radical (unpaired) electrons. The first kappa shape index (κ1) is 14.9. The molecule has 0 unspecified atom stereocenters. The van der Waals surface area contributed by atoms with E-state index in [1.54, 1.807) is 10.9 Å². The first-order valence-electron chi connectivity index (χ1n) is 7.33. The molecule has 6 nitrogen and oxygen atoms in total. The molecule has 23 heavy (non-hydrogen) atoms. The Hall–Kier alpha value is -3.02. The summed E-state index contributed by atoms with van der Waals surface area (Å²) in [5.41, 5.74) is 3.19. The molecule has 0 atom stereocenters. The molecule has 1 heterocycles. The number of benzene rings is 2. The second-order valence-electron chi connectivity index (χ2n) is 5.30. The predicted molar refractivity (Wildman–Crippen MR) is 90.2 cm³/mol. The van der Waals surface area contributed by atoms with Crippen molar-refractivity contribution >= 4 is 17.3 Å². The van der Waals surface area contributed by atoms with E-state index in [2.05, 4.69) is 56.6 Å². The summed E-state index contributed by atoms with van der Waals surface area (Å²) in [7, 11) is 3.90. The van der Waals surface area contributed by atoms with Crippen LogP contribution in [0.25, 0.3) is 0 Å². The van der Waals surface area contributed by atoms with E-state index < -0.39 is 0 Å². The zero-order valence-corrected chi connectivity index (χ0v) is 13.2. The van der Waals surface area contributed by atoms with Crippen molar-refractivity contribution in [3.63, 3.8) is 0 Å². The van der Waals surface area contributed by atoms with Gasteiger partial charge < -0.3 is 9.47 Å². The zero-order valence-electron chi connectivity index (χ0n) is 13.2. The van der Waals surface area contributed by atoms with Gasteiger partial charge in [0.25, 0.3) is 5.95 Å². The number of anilines is 1. The molecule has 0 bridgehead atoms. The molecule has 0 spiro atoms. The summed E-state index contributed by atoms with van der Waals surface area (Å²) in [5, 5.41) is 15.9. The molecule has 2 aromatic carbocycles. The minimum Gasteiger partial charge on any atom is -0.370 e. The lowest BCUT2D eigenvalue weighted by Crippen LogP contribution is -2.15. The largest absolute Gasteiger partial charge is 0.370 e. The molecule has 3 rings (SSSR count). The van der Waals surface area contributed by atoms with Crippen molar-refractivity contribution in [3.8, 4) is 0 Å². The van der Waals surface area contributed by atoms with Crippen molar-refractivity contribution in [2.24, 2.45) is 17.3 Å². The maximum Gasteiger partial charge on any atom is 0.269 e. The number of aromatic nitrogens is 3. The highest BCUT2D eigenvalue weighted by Gasteiger charge is 2.02. The summed E-state index contributed by atoms with van der Waals surface area (Å²) in [4.78, 5) is 2.19. The normalized spacial score (nSPS) is 11.0. The van der Waals surface area contributed by atoms with Crippen LogP contribution in [0.5, 0.6) is 0 Å². The van der Waals surface area contributed by atoms with Crippen molar-refractivity contribution < 1.29 is 0 Å². The second kappa shape index (κ2) is 6.83. The van der Waals surface area contributed by atoms with Crippen LogP contribution in [0.3, 0.4) is 0 Å². The number of hydrogen-bond acceptors (Lipinski definition) is 5. The molecule has 1 aromatic heterocycles. The monoisotopic (exact) mass is 306 g/mol. The van der Waals surface area contributed by atoms with Crippen molar-refractivity contribution in [1.82, 2.24) is 14.8 Å². The van der Waals surface area contributed by atoms with Crippen LogP contribution in [0.2, 0.25) is 0 Å². The van der Waals surface area contributed by atoms with Crippen LogP contribution in [0.1, 0.15) is 5.56 Å². The van der Waals surface area contributed by atoms with Crippen LogP contribution in [0.4, 0.5) is 17.3 Å². The predicted octanol–water partition coefficient (Wildman–Crippen LogP) is 3.87. The topological polar surface area (TPSA) is 58.7 Å². The summed E-state index contributed by atoms with van der Waals surface area (Å²) in [6.07, 6.45) is 1.59. The lowest BCUT2D eigenvalue weighted by atomic mass is 10.2. The van der Waals surface area contributed by atoms with Gasteiger partial charge in [0.2, 0.25) is 0 Å². The molecule has 0 aliphatic carbocycles. The summed E-state index contributed by atoms with van der Waals surface area (Å²) in [6.45, 7) is 0.862. The fraction of sp³-hybridized carbons (Fsp3) is 0.176. The molecule has 0 saturated heterocycles. The van der Waals surface area contributed by atoms with Gasteiger partial charge in [0, 0.05) is 26.3 Å². The number of aryl methyl sites for hydroxylation is 1. The van der Waals surface area contributed by atoms with Crippen molar-refractivity contribution in [2.75, 3.05) is 11.9 Å². The lowest BCUT2D eigenvalue weighted by molar-refractivity contribution is 0.892. The molecule has 0 aliphatic rings. The molecule has 0 fully saturated rings. The third-order valence-corrected chi connectivity index (χ3v) is 3.50. The number of nitrogens with zero attached hydrogens (tertiary/aromatic N) is 6. The highest BCUT2D eigenvalue weighted by atomic mass is 15.3.